The average Bonchev–Trinajstić information content (AvgIpc) is 2.19. The summed E-state index contributed by atoms with van der Waals surface area (Å²) in [6.45, 7) is 4.15. The Morgan fingerprint density at radius 2 is 1.94 bits per heavy atom. The second-order valence-corrected chi connectivity index (χ2v) is 5.09. The molecule has 1 unspecified atom stereocenters. The molecule has 1 N–H and O–H groups in total. The molecule has 0 aromatic carbocycles. The number of hydrogen-bond acceptors (Lipinski definition) is 2. The van der Waals surface area contributed by atoms with E-state index in [9.17, 15) is 22.8 Å². The Morgan fingerprint density at radius 3 is 2.44 bits per heavy atom. The van der Waals surface area contributed by atoms with Crippen molar-refractivity contribution in [1.82, 2.24) is 10.2 Å². The highest BCUT2D eigenvalue weighted by Gasteiger charge is 2.40. The number of nitrogens with zero attached hydrogens (tertiary/aromatic N) is 1. The fourth-order valence-corrected chi connectivity index (χ4v) is 1.96. The zero-order valence-corrected chi connectivity index (χ0v) is 10.6. The highest BCUT2D eigenvalue weighted by molar-refractivity contribution is 5.93. The molecule has 1 saturated heterocycles. The first-order chi connectivity index (χ1) is 8.03. The molecular formula is C11H17F3N2O2. The highest BCUT2D eigenvalue weighted by Crippen LogP contribution is 2.23. The Balaban J connectivity index is 2.86. The lowest BCUT2D eigenvalue weighted by atomic mass is 10.0. The number of hydrogen-bond donors (Lipinski definition) is 1. The number of amides is 2. The third kappa shape index (κ3) is 3.61. The van der Waals surface area contributed by atoms with Crippen LogP contribution in [0.2, 0.25) is 0 Å². The van der Waals surface area contributed by atoms with E-state index in [1.807, 2.05) is 0 Å². The predicted octanol–water partition coefficient (Wildman–Crippen LogP) is 1.45. The van der Waals surface area contributed by atoms with Crippen molar-refractivity contribution in [3.8, 4) is 0 Å². The molecule has 104 valence electrons. The zero-order valence-electron chi connectivity index (χ0n) is 10.6. The van der Waals surface area contributed by atoms with E-state index in [-0.39, 0.29) is 12.3 Å². The zero-order chi connectivity index (χ0) is 14.1. The molecule has 1 aliphatic heterocycles. The van der Waals surface area contributed by atoms with Crippen LogP contribution < -0.4 is 5.32 Å². The number of nitrogens with one attached hydrogen (secondary N) is 1. The van der Waals surface area contributed by atoms with Crippen molar-refractivity contribution < 1.29 is 22.8 Å². The van der Waals surface area contributed by atoms with Crippen molar-refractivity contribution in [1.29, 1.82) is 0 Å². The summed E-state index contributed by atoms with van der Waals surface area (Å²) in [6.07, 6.45) is -5.35. The molecule has 1 atom stereocenters. The molecule has 0 aromatic rings. The minimum Gasteiger partial charge on any atom is -0.342 e. The minimum absolute atomic E-state index is 0.0209. The predicted molar refractivity (Wildman–Crippen MR) is 58.7 cm³/mol. The van der Waals surface area contributed by atoms with Gasteiger partial charge in [0.1, 0.15) is 5.54 Å². The Labute approximate surface area is 104 Å². The highest BCUT2D eigenvalue weighted by atomic mass is 19.4. The van der Waals surface area contributed by atoms with Crippen LogP contribution in [0.25, 0.3) is 0 Å². The maximum atomic E-state index is 12.2. The Kier molecular flexibility index (Phi) is 3.92. The van der Waals surface area contributed by atoms with Crippen molar-refractivity contribution in [3.63, 3.8) is 0 Å². The van der Waals surface area contributed by atoms with Gasteiger partial charge in [0.25, 0.3) is 0 Å². The maximum Gasteiger partial charge on any atom is 0.390 e. The molecule has 18 heavy (non-hydrogen) atoms. The molecule has 1 rings (SSSR count). The molecule has 0 saturated carbocycles. The lowest BCUT2D eigenvalue weighted by molar-refractivity contribution is -0.149. The summed E-state index contributed by atoms with van der Waals surface area (Å²) in [4.78, 5) is 24.7. The van der Waals surface area contributed by atoms with Crippen LogP contribution in [0.4, 0.5) is 13.2 Å². The summed E-state index contributed by atoms with van der Waals surface area (Å²) in [5.74, 6) is -0.805. The summed E-state index contributed by atoms with van der Waals surface area (Å²) in [5, 5.41) is 2.51. The van der Waals surface area contributed by atoms with Crippen LogP contribution in [-0.4, -0.2) is 41.0 Å². The second kappa shape index (κ2) is 4.78. The van der Waals surface area contributed by atoms with Crippen LogP contribution in [0.5, 0.6) is 0 Å². The molecule has 4 nitrogen and oxygen atoms in total. The fourth-order valence-electron chi connectivity index (χ4n) is 1.96. The normalized spacial score (nSPS) is 24.8. The van der Waals surface area contributed by atoms with Gasteiger partial charge in [-0.15, -0.1) is 0 Å². The smallest absolute Gasteiger partial charge is 0.342 e. The number of halogens is 3. The van der Waals surface area contributed by atoms with Gasteiger partial charge >= 0.3 is 6.18 Å². The van der Waals surface area contributed by atoms with Gasteiger partial charge in [0.2, 0.25) is 11.8 Å². The number of carbonyl (C=O) groups excluding carboxylic acids is 2. The lowest BCUT2D eigenvalue weighted by Crippen LogP contribution is -2.54. The van der Waals surface area contributed by atoms with E-state index < -0.39 is 36.6 Å². The summed E-state index contributed by atoms with van der Waals surface area (Å²) in [6, 6.07) is -0.526. The van der Waals surface area contributed by atoms with Crippen LogP contribution in [0, 0.1) is 0 Å². The quantitative estimate of drug-likeness (QED) is 0.822. The van der Waals surface area contributed by atoms with E-state index in [1.165, 1.54) is 13.8 Å². The molecule has 0 spiro atoms. The van der Waals surface area contributed by atoms with Gasteiger partial charge in [-0.3, -0.25) is 9.59 Å². The van der Waals surface area contributed by atoms with Crippen LogP contribution in [0.1, 0.15) is 33.6 Å². The fraction of sp³-hybridized carbons (Fsp3) is 0.818. The molecular weight excluding hydrogens is 249 g/mol. The standard InChI is InChI=1S/C11H17F3N2O2/c1-7-6-8(17)15-10(2,3)9(18)16(7)5-4-11(12,13)14/h7H,4-6H2,1-3H3,(H,15,17). The van der Waals surface area contributed by atoms with Gasteiger partial charge in [-0.05, 0) is 20.8 Å². The van der Waals surface area contributed by atoms with Gasteiger partial charge in [-0.1, -0.05) is 0 Å². The summed E-state index contributed by atoms with van der Waals surface area (Å²) >= 11 is 0. The van der Waals surface area contributed by atoms with Crippen molar-refractivity contribution >= 4 is 11.8 Å². The minimum atomic E-state index is -4.31. The molecule has 0 bridgehead atoms. The van der Waals surface area contributed by atoms with Crippen LogP contribution in [0.15, 0.2) is 0 Å². The third-order valence-electron chi connectivity index (χ3n) is 2.90. The Hall–Kier alpha value is -1.27. The summed E-state index contributed by atoms with van der Waals surface area (Å²) in [7, 11) is 0. The van der Waals surface area contributed by atoms with Gasteiger partial charge < -0.3 is 10.2 Å². The molecule has 1 fully saturated rings. The van der Waals surface area contributed by atoms with Crippen molar-refractivity contribution in [2.45, 2.75) is 51.4 Å². The first-order valence-electron chi connectivity index (χ1n) is 5.72. The van der Waals surface area contributed by atoms with E-state index >= 15 is 0 Å². The number of rotatable bonds is 2. The molecule has 0 radical (unpaired) electrons. The van der Waals surface area contributed by atoms with Crippen molar-refractivity contribution in [2.24, 2.45) is 0 Å². The lowest BCUT2D eigenvalue weighted by Gasteiger charge is -2.32. The molecule has 1 aliphatic rings. The van der Waals surface area contributed by atoms with Gasteiger partial charge in [0.15, 0.2) is 0 Å². The average molecular weight is 266 g/mol. The molecule has 2 amide bonds. The molecule has 0 aromatic heterocycles. The molecule has 0 aliphatic carbocycles. The number of carbonyl (C=O) groups is 2. The Bertz CT molecular complexity index is 353. The topological polar surface area (TPSA) is 49.4 Å². The van der Waals surface area contributed by atoms with E-state index in [0.29, 0.717) is 0 Å². The van der Waals surface area contributed by atoms with Gasteiger partial charge in [0, 0.05) is 19.0 Å². The van der Waals surface area contributed by atoms with E-state index in [2.05, 4.69) is 5.32 Å². The largest absolute Gasteiger partial charge is 0.390 e. The van der Waals surface area contributed by atoms with E-state index in [0.717, 1.165) is 4.90 Å². The summed E-state index contributed by atoms with van der Waals surface area (Å²) < 4.78 is 36.6. The van der Waals surface area contributed by atoms with Gasteiger partial charge in [-0.2, -0.15) is 13.2 Å². The Morgan fingerprint density at radius 1 is 1.39 bits per heavy atom. The van der Waals surface area contributed by atoms with Crippen LogP contribution in [-0.2, 0) is 9.59 Å². The van der Waals surface area contributed by atoms with E-state index in [4.69, 9.17) is 0 Å². The number of alkyl halides is 3. The van der Waals surface area contributed by atoms with Crippen molar-refractivity contribution in [3.05, 3.63) is 0 Å². The van der Waals surface area contributed by atoms with Crippen LogP contribution in [0.3, 0.4) is 0 Å². The third-order valence-corrected chi connectivity index (χ3v) is 2.90. The first-order valence-corrected chi connectivity index (χ1v) is 5.72. The van der Waals surface area contributed by atoms with E-state index in [1.54, 1.807) is 6.92 Å². The van der Waals surface area contributed by atoms with Crippen LogP contribution >= 0.6 is 0 Å². The molecule has 1 heterocycles. The SMILES string of the molecule is CC1CC(=O)NC(C)(C)C(=O)N1CCC(F)(F)F. The summed E-state index contributed by atoms with van der Waals surface area (Å²) in [5.41, 5.74) is -1.16. The monoisotopic (exact) mass is 266 g/mol. The van der Waals surface area contributed by atoms with Gasteiger partial charge in [-0.25, -0.2) is 0 Å². The maximum absolute atomic E-state index is 12.2. The first kappa shape index (κ1) is 14.8. The van der Waals surface area contributed by atoms with Crippen molar-refractivity contribution in [2.75, 3.05) is 6.54 Å². The molecule has 7 heteroatoms. The van der Waals surface area contributed by atoms with Gasteiger partial charge in [0.05, 0.1) is 6.42 Å². The second-order valence-electron chi connectivity index (χ2n) is 5.09.